The van der Waals surface area contributed by atoms with Crippen molar-refractivity contribution in [1.82, 2.24) is 9.88 Å². The van der Waals surface area contributed by atoms with Gasteiger partial charge < -0.3 is 15.3 Å². The van der Waals surface area contributed by atoms with Crippen LogP contribution in [0.15, 0.2) is 18.5 Å². The lowest BCUT2D eigenvalue weighted by Gasteiger charge is -2.22. The summed E-state index contributed by atoms with van der Waals surface area (Å²) >= 11 is 0. The smallest absolute Gasteiger partial charge is 0.256 e. The lowest BCUT2D eigenvalue weighted by atomic mass is 10.2. The van der Waals surface area contributed by atoms with Crippen molar-refractivity contribution in [2.45, 2.75) is 13.3 Å². The van der Waals surface area contributed by atoms with Gasteiger partial charge in [0.1, 0.15) is 0 Å². The van der Waals surface area contributed by atoms with Gasteiger partial charge in [-0.05, 0) is 13.0 Å². The maximum Gasteiger partial charge on any atom is 0.256 e. The van der Waals surface area contributed by atoms with E-state index in [0.717, 1.165) is 4.90 Å². The van der Waals surface area contributed by atoms with Gasteiger partial charge in [0.2, 0.25) is 0 Å². The topological polar surface area (TPSA) is 65.5 Å². The molecule has 19 heavy (non-hydrogen) atoms. The third-order valence-electron chi connectivity index (χ3n) is 2.43. The van der Waals surface area contributed by atoms with Crippen LogP contribution in [0, 0.1) is 0 Å². The Morgan fingerprint density at radius 2 is 2.32 bits per heavy atom. The number of carbonyl (C=O) groups excluding carboxylic acids is 1. The first kappa shape index (κ1) is 15.3. The number of halogens is 2. The second-order valence-corrected chi connectivity index (χ2v) is 3.82. The molecule has 0 radical (unpaired) electrons. The number of nitrogens with zero attached hydrogens (tertiary/aromatic N) is 2. The Kier molecular flexibility index (Phi) is 6.14. The van der Waals surface area contributed by atoms with Crippen molar-refractivity contribution in [3.63, 3.8) is 0 Å². The van der Waals surface area contributed by atoms with Crippen LogP contribution in [0.3, 0.4) is 0 Å². The van der Waals surface area contributed by atoms with Crippen LogP contribution in [-0.2, 0) is 0 Å². The lowest BCUT2D eigenvalue weighted by molar-refractivity contribution is 0.0510. The summed E-state index contributed by atoms with van der Waals surface area (Å²) in [5.74, 6) is -0.548. The van der Waals surface area contributed by atoms with Crippen LogP contribution in [0.1, 0.15) is 17.3 Å². The summed E-state index contributed by atoms with van der Waals surface area (Å²) in [5.41, 5.74) is 0.762. The highest BCUT2D eigenvalue weighted by Gasteiger charge is 2.21. The van der Waals surface area contributed by atoms with Gasteiger partial charge in [0, 0.05) is 19.3 Å². The van der Waals surface area contributed by atoms with Gasteiger partial charge >= 0.3 is 0 Å². The minimum Gasteiger partial charge on any atom is -0.395 e. The number of hydrogen-bond donors (Lipinski definition) is 2. The monoisotopic (exact) mass is 273 g/mol. The van der Waals surface area contributed by atoms with Gasteiger partial charge in [-0.3, -0.25) is 9.78 Å². The maximum absolute atomic E-state index is 12.4. The van der Waals surface area contributed by atoms with Crippen molar-refractivity contribution >= 4 is 11.6 Å². The average Bonchev–Trinajstić information content (AvgIpc) is 2.38. The second kappa shape index (κ2) is 7.63. The first-order chi connectivity index (χ1) is 9.10. The lowest BCUT2D eigenvalue weighted by Crippen LogP contribution is -2.37. The number of aliphatic hydroxyl groups is 1. The van der Waals surface area contributed by atoms with Gasteiger partial charge in [0.15, 0.2) is 0 Å². The molecule has 0 bridgehead atoms. The summed E-state index contributed by atoms with van der Waals surface area (Å²) in [6.45, 7) is 1.25. The molecule has 1 aromatic heterocycles. The molecule has 7 heteroatoms. The van der Waals surface area contributed by atoms with Crippen LogP contribution < -0.4 is 5.32 Å². The summed E-state index contributed by atoms with van der Waals surface area (Å²) in [6.07, 6.45) is 0.254. The number of anilines is 1. The Morgan fingerprint density at radius 1 is 1.58 bits per heavy atom. The molecule has 0 saturated heterocycles. The molecule has 0 saturated carbocycles. The van der Waals surface area contributed by atoms with E-state index in [1.165, 1.54) is 18.5 Å². The molecule has 1 heterocycles. The zero-order valence-electron chi connectivity index (χ0n) is 10.6. The van der Waals surface area contributed by atoms with Crippen LogP contribution in [-0.4, -0.2) is 53.6 Å². The number of amides is 1. The van der Waals surface area contributed by atoms with Crippen molar-refractivity contribution in [3.05, 3.63) is 24.0 Å². The van der Waals surface area contributed by atoms with Crippen LogP contribution in [0.25, 0.3) is 0 Å². The predicted molar refractivity (Wildman–Crippen MR) is 67.4 cm³/mol. The number of carbonyl (C=O) groups is 1. The van der Waals surface area contributed by atoms with E-state index in [9.17, 15) is 13.6 Å². The number of hydrogen-bond acceptors (Lipinski definition) is 4. The summed E-state index contributed by atoms with van der Waals surface area (Å²) in [7, 11) is 0. The molecule has 1 aromatic rings. The number of pyridine rings is 1. The molecule has 0 aromatic carbocycles. The Balaban J connectivity index is 2.95. The minimum absolute atomic E-state index is 0.128. The molecule has 0 spiro atoms. The van der Waals surface area contributed by atoms with Gasteiger partial charge in [0.25, 0.3) is 12.3 Å². The molecule has 2 N–H and O–H groups in total. The highest BCUT2D eigenvalue weighted by molar-refractivity contribution is 5.99. The van der Waals surface area contributed by atoms with Crippen LogP contribution in [0.5, 0.6) is 0 Å². The molecule has 0 fully saturated rings. The first-order valence-corrected chi connectivity index (χ1v) is 5.96. The number of alkyl halides is 2. The van der Waals surface area contributed by atoms with E-state index >= 15 is 0 Å². The third kappa shape index (κ3) is 4.44. The van der Waals surface area contributed by atoms with E-state index in [4.69, 9.17) is 5.11 Å². The number of aromatic nitrogens is 1. The normalized spacial score (nSPS) is 10.6. The average molecular weight is 273 g/mol. The van der Waals surface area contributed by atoms with E-state index in [1.807, 2.05) is 6.92 Å². The Bertz CT molecular complexity index is 416. The molecule has 0 aliphatic heterocycles. The molecule has 106 valence electrons. The second-order valence-electron chi connectivity index (χ2n) is 3.82. The van der Waals surface area contributed by atoms with E-state index in [2.05, 4.69) is 10.3 Å². The van der Waals surface area contributed by atoms with E-state index < -0.39 is 18.9 Å². The Labute approximate surface area is 110 Å². The quantitative estimate of drug-likeness (QED) is 0.784. The standard InChI is InChI=1S/C12H17F2N3O2/c1-2-16-10-7-15-4-3-9(10)12(19)17(5-6-18)8-11(13)14/h3-4,7,11,16,18H,2,5-6,8H2,1H3. The van der Waals surface area contributed by atoms with Crippen molar-refractivity contribution in [1.29, 1.82) is 0 Å². The molecule has 0 aliphatic carbocycles. The SMILES string of the molecule is CCNc1cnccc1C(=O)N(CCO)CC(F)F. The van der Waals surface area contributed by atoms with Gasteiger partial charge in [-0.1, -0.05) is 0 Å². The largest absolute Gasteiger partial charge is 0.395 e. The zero-order valence-corrected chi connectivity index (χ0v) is 10.6. The van der Waals surface area contributed by atoms with Crippen LogP contribution in [0.4, 0.5) is 14.5 Å². The number of rotatable bonds is 7. The van der Waals surface area contributed by atoms with Gasteiger partial charge in [-0.2, -0.15) is 0 Å². The minimum atomic E-state index is -2.64. The van der Waals surface area contributed by atoms with Crippen molar-refractivity contribution in [2.24, 2.45) is 0 Å². The van der Waals surface area contributed by atoms with E-state index in [1.54, 1.807) is 0 Å². The molecule has 0 atom stereocenters. The fourth-order valence-electron chi connectivity index (χ4n) is 1.65. The van der Waals surface area contributed by atoms with Crippen molar-refractivity contribution in [2.75, 3.05) is 31.6 Å². The van der Waals surface area contributed by atoms with Gasteiger partial charge in [-0.15, -0.1) is 0 Å². The van der Waals surface area contributed by atoms with Crippen LogP contribution in [0.2, 0.25) is 0 Å². The Hall–Kier alpha value is -1.76. The fraction of sp³-hybridized carbons (Fsp3) is 0.500. The maximum atomic E-state index is 12.4. The van der Waals surface area contributed by atoms with E-state index in [-0.39, 0.29) is 18.7 Å². The molecular weight excluding hydrogens is 256 g/mol. The molecular formula is C12H17F2N3O2. The molecule has 0 unspecified atom stereocenters. The predicted octanol–water partition coefficient (Wildman–Crippen LogP) is 1.21. The van der Waals surface area contributed by atoms with Crippen LogP contribution >= 0.6 is 0 Å². The highest BCUT2D eigenvalue weighted by Crippen LogP contribution is 2.16. The molecule has 0 aliphatic rings. The summed E-state index contributed by atoms with van der Waals surface area (Å²) < 4.78 is 24.9. The van der Waals surface area contributed by atoms with Gasteiger partial charge in [0.05, 0.1) is 30.6 Å². The summed E-state index contributed by atoms with van der Waals surface area (Å²) in [4.78, 5) is 17.0. The van der Waals surface area contributed by atoms with Crippen molar-refractivity contribution < 1.29 is 18.7 Å². The molecule has 1 amide bonds. The number of nitrogens with one attached hydrogen (secondary N) is 1. The fourth-order valence-corrected chi connectivity index (χ4v) is 1.65. The third-order valence-corrected chi connectivity index (χ3v) is 2.43. The highest BCUT2D eigenvalue weighted by atomic mass is 19.3. The van der Waals surface area contributed by atoms with Crippen molar-refractivity contribution in [3.8, 4) is 0 Å². The Morgan fingerprint density at radius 3 is 2.89 bits per heavy atom. The van der Waals surface area contributed by atoms with Gasteiger partial charge in [-0.25, -0.2) is 8.78 Å². The summed E-state index contributed by atoms with van der Waals surface area (Å²) in [5, 5.41) is 11.8. The molecule has 5 nitrogen and oxygen atoms in total. The van der Waals surface area contributed by atoms with E-state index in [0.29, 0.717) is 12.2 Å². The number of aliphatic hydroxyl groups excluding tert-OH is 1. The first-order valence-electron chi connectivity index (χ1n) is 5.96. The summed E-state index contributed by atoms with van der Waals surface area (Å²) in [6, 6.07) is 1.47. The molecule has 1 rings (SSSR count). The zero-order chi connectivity index (χ0) is 14.3.